The number of nitrogens with zero attached hydrogens (tertiary/aromatic N) is 2. The quantitative estimate of drug-likeness (QED) is 0.252. The van der Waals surface area contributed by atoms with Crippen molar-refractivity contribution >= 4 is 23.5 Å². The fourth-order valence-electron chi connectivity index (χ4n) is 2.78. The average molecular weight is 409 g/mol. The number of nitrogens with one attached hydrogen (secondary N) is 2. The van der Waals surface area contributed by atoms with Crippen LogP contribution in [-0.2, 0) is 4.74 Å². The minimum absolute atomic E-state index is 0.507. The number of hydrogen-bond acceptors (Lipinski definition) is 6. The first-order valence-electron chi connectivity index (χ1n) is 9.90. The molecule has 8 heteroatoms. The van der Waals surface area contributed by atoms with Gasteiger partial charge in [0.15, 0.2) is 16.6 Å². The van der Waals surface area contributed by atoms with Gasteiger partial charge < -0.3 is 19.5 Å². The highest BCUT2D eigenvalue weighted by molar-refractivity contribution is 7.80. The molecule has 0 atom stereocenters. The van der Waals surface area contributed by atoms with E-state index in [1.807, 2.05) is 18.2 Å². The van der Waals surface area contributed by atoms with E-state index in [4.69, 9.17) is 26.4 Å². The Morgan fingerprint density at radius 1 is 1.29 bits per heavy atom. The van der Waals surface area contributed by atoms with Crippen molar-refractivity contribution in [1.29, 1.82) is 0 Å². The summed E-state index contributed by atoms with van der Waals surface area (Å²) in [6, 6.07) is 5.75. The van der Waals surface area contributed by atoms with Gasteiger partial charge in [0.25, 0.3) is 0 Å². The predicted molar refractivity (Wildman–Crippen MR) is 117 cm³/mol. The summed E-state index contributed by atoms with van der Waals surface area (Å²) >= 11 is 5.25. The molecule has 1 heterocycles. The number of hydrazone groups is 1. The Kier molecular flexibility index (Phi) is 10.6. The zero-order valence-corrected chi connectivity index (χ0v) is 17.7. The number of unbranched alkanes of at least 4 members (excludes halogenated alkanes) is 2. The first kappa shape index (κ1) is 22.4. The van der Waals surface area contributed by atoms with Gasteiger partial charge in [0, 0.05) is 26.2 Å². The molecular formula is C20H32N4O3S. The lowest BCUT2D eigenvalue weighted by atomic mass is 10.2. The molecule has 0 bridgehead atoms. The van der Waals surface area contributed by atoms with Crippen LogP contribution < -0.4 is 20.2 Å². The van der Waals surface area contributed by atoms with Gasteiger partial charge in [-0.2, -0.15) is 5.10 Å². The van der Waals surface area contributed by atoms with E-state index in [0.29, 0.717) is 17.5 Å². The smallest absolute Gasteiger partial charge is 0.187 e. The van der Waals surface area contributed by atoms with Crippen LogP contribution in [0.1, 0.15) is 31.7 Å². The highest BCUT2D eigenvalue weighted by atomic mass is 32.1. The van der Waals surface area contributed by atoms with Gasteiger partial charge in [0.05, 0.1) is 33.1 Å². The molecule has 0 amide bonds. The maximum atomic E-state index is 5.79. The molecule has 156 valence electrons. The number of hydrogen-bond donors (Lipinski definition) is 2. The third-order valence-corrected chi connectivity index (χ3v) is 4.63. The van der Waals surface area contributed by atoms with Crippen LogP contribution in [0.25, 0.3) is 0 Å². The molecule has 0 unspecified atom stereocenters. The van der Waals surface area contributed by atoms with E-state index < -0.39 is 0 Å². The molecule has 0 aromatic heterocycles. The third kappa shape index (κ3) is 8.41. The van der Waals surface area contributed by atoms with E-state index in [1.165, 1.54) is 12.8 Å². The van der Waals surface area contributed by atoms with E-state index in [-0.39, 0.29) is 0 Å². The Labute approximate surface area is 173 Å². The number of morpholine rings is 1. The van der Waals surface area contributed by atoms with Crippen LogP contribution in [0, 0.1) is 0 Å². The summed E-state index contributed by atoms with van der Waals surface area (Å²) in [5.74, 6) is 1.45. The summed E-state index contributed by atoms with van der Waals surface area (Å²) in [6.45, 7) is 8.14. The number of ether oxygens (including phenoxy) is 3. The molecule has 1 aromatic rings. The van der Waals surface area contributed by atoms with Crippen LogP contribution in [-0.4, -0.2) is 69.3 Å². The van der Waals surface area contributed by atoms with Crippen LogP contribution in [0.3, 0.4) is 0 Å². The van der Waals surface area contributed by atoms with Crippen molar-refractivity contribution in [2.45, 2.75) is 26.2 Å². The minimum Gasteiger partial charge on any atom is -0.493 e. The van der Waals surface area contributed by atoms with E-state index in [2.05, 4.69) is 27.7 Å². The zero-order valence-electron chi connectivity index (χ0n) is 16.9. The number of rotatable bonds is 11. The number of methoxy groups -OCH3 is 1. The zero-order chi connectivity index (χ0) is 20.0. The summed E-state index contributed by atoms with van der Waals surface area (Å²) in [6.07, 6.45) is 5.09. The van der Waals surface area contributed by atoms with Crippen molar-refractivity contribution in [1.82, 2.24) is 15.6 Å². The van der Waals surface area contributed by atoms with Crippen LogP contribution in [0.15, 0.2) is 23.3 Å². The Morgan fingerprint density at radius 3 is 2.86 bits per heavy atom. The lowest BCUT2D eigenvalue weighted by Crippen LogP contribution is -2.42. The fraction of sp³-hybridized carbons (Fsp3) is 0.600. The molecule has 28 heavy (non-hydrogen) atoms. The van der Waals surface area contributed by atoms with Crippen molar-refractivity contribution in [3.05, 3.63) is 23.8 Å². The second-order valence-electron chi connectivity index (χ2n) is 6.55. The van der Waals surface area contributed by atoms with Gasteiger partial charge in [-0.25, -0.2) is 0 Å². The Morgan fingerprint density at radius 2 is 2.11 bits per heavy atom. The van der Waals surface area contributed by atoms with Crippen LogP contribution >= 0.6 is 12.2 Å². The number of thiocarbonyl (C=S) groups is 1. The summed E-state index contributed by atoms with van der Waals surface area (Å²) in [7, 11) is 1.64. The molecule has 7 nitrogen and oxygen atoms in total. The summed E-state index contributed by atoms with van der Waals surface area (Å²) in [4.78, 5) is 2.35. The lowest BCUT2D eigenvalue weighted by Gasteiger charge is -2.26. The normalized spacial score (nSPS) is 14.8. The molecule has 0 aliphatic carbocycles. The van der Waals surface area contributed by atoms with Gasteiger partial charge in [-0.3, -0.25) is 10.3 Å². The molecule has 2 rings (SSSR count). The first-order valence-corrected chi connectivity index (χ1v) is 10.3. The van der Waals surface area contributed by atoms with Gasteiger partial charge in [0.2, 0.25) is 0 Å². The monoisotopic (exact) mass is 408 g/mol. The Balaban J connectivity index is 1.72. The van der Waals surface area contributed by atoms with E-state index in [0.717, 1.165) is 57.1 Å². The van der Waals surface area contributed by atoms with Crippen molar-refractivity contribution < 1.29 is 14.2 Å². The maximum absolute atomic E-state index is 5.79. The molecule has 1 aromatic carbocycles. The summed E-state index contributed by atoms with van der Waals surface area (Å²) < 4.78 is 16.6. The molecule has 0 radical (unpaired) electrons. The summed E-state index contributed by atoms with van der Waals surface area (Å²) in [5.41, 5.74) is 3.75. The van der Waals surface area contributed by atoms with Crippen molar-refractivity contribution in [3.8, 4) is 11.5 Å². The first-order chi connectivity index (χ1) is 13.7. The average Bonchev–Trinajstić information content (AvgIpc) is 2.72. The van der Waals surface area contributed by atoms with E-state index in [1.54, 1.807) is 13.3 Å². The lowest BCUT2D eigenvalue weighted by molar-refractivity contribution is 0.0389. The highest BCUT2D eigenvalue weighted by Gasteiger charge is 2.09. The number of benzene rings is 1. The van der Waals surface area contributed by atoms with Crippen LogP contribution in [0.4, 0.5) is 0 Å². The van der Waals surface area contributed by atoms with Crippen LogP contribution in [0.5, 0.6) is 11.5 Å². The molecule has 2 N–H and O–H groups in total. The second-order valence-corrected chi connectivity index (χ2v) is 6.95. The fourth-order valence-corrected chi connectivity index (χ4v) is 2.93. The molecular weight excluding hydrogens is 376 g/mol. The second kappa shape index (κ2) is 13.3. The minimum atomic E-state index is 0.507. The summed E-state index contributed by atoms with van der Waals surface area (Å²) in [5, 5.41) is 7.86. The van der Waals surface area contributed by atoms with Crippen LogP contribution in [0.2, 0.25) is 0 Å². The highest BCUT2D eigenvalue weighted by Crippen LogP contribution is 2.27. The van der Waals surface area contributed by atoms with Crippen molar-refractivity contribution in [2.24, 2.45) is 5.10 Å². The van der Waals surface area contributed by atoms with Crippen molar-refractivity contribution in [2.75, 3.05) is 53.1 Å². The molecule has 1 aliphatic heterocycles. The third-order valence-electron chi connectivity index (χ3n) is 4.39. The van der Waals surface area contributed by atoms with E-state index >= 15 is 0 Å². The van der Waals surface area contributed by atoms with Gasteiger partial charge in [0.1, 0.15) is 0 Å². The van der Waals surface area contributed by atoms with Gasteiger partial charge in [-0.1, -0.05) is 19.8 Å². The molecule has 1 saturated heterocycles. The molecule has 0 spiro atoms. The molecule has 0 saturated carbocycles. The standard InChI is InChI=1S/C20H32N4O3S/c1-3-4-5-12-27-18-7-6-17(15-19(18)25-2)16-22-23-20(28)21-8-9-24-10-13-26-14-11-24/h6-7,15-16H,3-5,8-14H2,1-2H3,(H2,21,23,28)/b22-16+. The van der Waals surface area contributed by atoms with Gasteiger partial charge >= 0.3 is 0 Å². The SMILES string of the molecule is CCCCCOc1ccc(/C=N/NC(=S)NCCN2CCOCC2)cc1OC. The topological polar surface area (TPSA) is 67.4 Å². The predicted octanol–water partition coefficient (Wildman–Crippen LogP) is 2.39. The molecule has 1 aliphatic rings. The largest absolute Gasteiger partial charge is 0.493 e. The van der Waals surface area contributed by atoms with E-state index in [9.17, 15) is 0 Å². The maximum Gasteiger partial charge on any atom is 0.187 e. The van der Waals surface area contributed by atoms with Crippen molar-refractivity contribution in [3.63, 3.8) is 0 Å². The Hall–Kier alpha value is -1.90. The van der Waals surface area contributed by atoms with Gasteiger partial charge in [-0.15, -0.1) is 0 Å². The molecule has 1 fully saturated rings. The Bertz CT molecular complexity index is 621. The van der Waals surface area contributed by atoms with Gasteiger partial charge in [-0.05, 0) is 42.4 Å².